The van der Waals surface area contributed by atoms with Gasteiger partial charge in [0, 0.05) is 32.1 Å². The van der Waals surface area contributed by atoms with Crippen molar-refractivity contribution < 1.29 is 17.8 Å². The highest BCUT2D eigenvalue weighted by Crippen LogP contribution is 2.49. The molecule has 0 aromatic rings. The van der Waals surface area contributed by atoms with Crippen molar-refractivity contribution in [2.75, 3.05) is 37.9 Å². The third-order valence-electron chi connectivity index (χ3n) is 2.84. The van der Waals surface area contributed by atoms with Gasteiger partial charge in [-0.15, -0.1) is 0 Å². The van der Waals surface area contributed by atoms with Crippen LogP contribution in [0.4, 0.5) is 0 Å². The molecule has 0 radical (unpaired) electrons. The minimum Gasteiger partial charge on any atom is -0.373 e. The zero-order valence-electron chi connectivity index (χ0n) is 13.2. The molecule has 0 N–H and O–H groups in total. The van der Waals surface area contributed by atoms with E-state index in [2.05, 4.69) is 13.8 Å². The van der Waals surface area contributed by atoms with Gasteiger partial charge in [-0.3, -0.25) is 0 Å². The highest BCUT2D eigenvalue weighted by molar-refractivity contribution is 7.66. The summed E-state index contributed by atoms with van der Waals surface area (Å²) >= 11 is 0. The molecule has 0 spiro atoms. The van der Waals surface area contributed by atoms with Crippen LogP contribution in [0.1, 0.15) is 47.5 Å². The van der Waals surface area contributed by atoms with E-state index in [0.29, 0.717) is 25.6 Å². The number of rotatable bonds is 12. The second kappa shape index (κ2) is 10.1. The van der Waals surface area contributed by atoms with Gasteiger partial charge in [0.05, 0.1) is 12.9 Å². The van der Waals surface area contributed by atoms with Gasteiger partial charge >= 0.3 is 8.80 Å². The van der Waals surface area contributed by atoms with Gasteiger partial charge in [0.15, 0.2) is 0 Å². The molecular formula is C13H31O4PSi. The topological polar surface area (TPSA) is 44.8 Å². The van der Waals surface area contributed by atoms with Crippen molar-refractivity contribution in [3.05, 3.63) is 0 Å². The van der Waals surface area contributed by atoms with E-state index in [1.54, 1.807) is 0 Å². The molecule has 0 aliphatic heterocycles. The van der Waals surface area contributed by atoms with Crippen LogP contribution < -0.4 is 0 Å². The van der Waals surface area contributed by atoms with Crippen LogP contribution in [-0.4, -0.2) is 46.7 Å². The summed E-state index contributed by atoms with van der Waals surface area (Å²) in [6.45, 7) is 11.6. The molecule has 0 aliphatic carbocycles. The second-order valence-electron chi connectivity index (χ2n) is 4.65. The summed E-state index contributed by atoms with van der Waals surface area (Å²) in [5, 5.41) is 0. The van der Waals surface area contributed by atoms with E-state index >= 15 is 0 Å². The van der Waals surface area contributed by atoms with E-state index in [9.17, 15) is 4.57 Å². The molecule has 4 nitrogen and oxygen atoms in total. The van der Waals surface area contributed by atoms with Gasteiger partial charge in [-0.25, -0.2) is 0 Å². The van der Waals surface area contributed by atoms with Crippen molar-refractivity contribution in [2.45, 2.75) is 47.5 Å². The predicted octanol–water partition coefficient (Wildman–Crippen LogP) is 3.76. The maximum atomic E-state index is 13.0. The molecule has 0 aromatic carbocycles. The number of hydrogen-bond donors (Lipinski definition) is 0. The summed E-state index contributed by atoms with van der Waals surface area (Å²) in [5.74, 6) is 0.497. The van der Waals surface area contributed by atoms with Crippen LogP contribution in [0, 0.1) is 0 Å². The molecule has 0 fully saturated rings. The molecule has 0 atom stereocenters. The molecular weight excluding hydrogens is 279 g/mol. The summed E-state index contributed by atoms with van der Waals surface area (Å²) in [7, 11) is -5.01. The minimum atomic E-state index is -2.77. The van der Waals surface area contributed by atoms with E-state index in [-0.39, 0.29) is 0 Å². The monoisotopic (exact) mass is 310 g/mol. The molecule has 0 saturated heterocycles. The molecule has 19 heavy (non-hydrogen) atoms. The first-order chi connectivity index (χ1) is 9.01. The van der Waals surface area contributed by atoms with Gasteiger partial charge in [0.1, 0.15) is 0 Å². The molecule has 0 bridgehead atoms. The Labute approximate surface area is 119 Å². The Hall–Kier alpha value is 0.327. The molecule has 0 heterocycles. The summed E-state index contributed by atoms with van der Waals surface area (Å²) in [6.07, 6.45) is 3.41. The molecule has 0 saturated carbocycles. The summed E-state index contributed by atoms with van der Waals surface area (Å²) in [5.41, 5.74) is 0. The van der Waals surface area contributed by atoms with E-state index in [4.69, 9.17) is 13.3 Å². The van der Waals surface area contributed by atoms with Crippen LogP contribution >= 0.6 is 7.14 Å². The quantitative estimate of drug-likeness (QED) is 0.407. The lowest BCUT2D eigenvalue weighted by Gasteiger charge is -2.31. The van der Waals surface area contributed by atoms with E-state index in [0.717, 1.165) is 25.2 Å². The SMILES string of the molecule is CCCP(=O)(CCC)C[Si](OCC)(OCC)OCC. The fraction of sp³-hybridized carbons (Fsp3) is 1.00. The maximum Gasteiger partial charge on any atom is 0.508 e. The lowest BCUT2D eigenvalue weighted by molar-refractivity contribution is 0.0767. The summed E-state index contributed by atoms with van der Waals surface area (Å²) < 4.78 is 30.5. The first-order valence-electron chi connectivity index (χ1n) is 7.50. The van der Waals surface area contributed by atoms with Crippen molar-refractivity contribution in [3.63, 3.8) is 0 Å². The molecule has 0 aliphatic rings. The molecule has 6 heteroatoms. The zero-order chi connectivity index (χ0) is 14.8. The maximum absolute atomic E-state index is 13.0. The normalized spacial score (nSPS) is 12.9. The first-order valence-corrected chi connectivity index (χ1v) is 11.7. The Morgan fingerprint density at radius 1 is 0.789 bits per heavy atom. The van der Waals surface area contributed by atoms with Crippen molar-refractivity contribution in [3.8, 4) is 0 Å². The lowest BCUT2D eigenvalue weighted by Crippen LogP contribution is -2.50. The van der Waals surface area contributed by atoms with Gasteiger partial charge in [0.25, 0.3) is 0 Å². The molecule has 0 rings (SSSR count). The van der Waals surface area contributed by atoms with Crippen molar-refractivity contribution in [2.24, 2.45) is 0 Å². The fourth-order valence-corrected chi connectivity index (χ4v) is 11.0. The van der Waals surface area contributed by atoms with Gasteiger partial charge in [-0.05, 0) is 33.6 Å². The van der Waals surface area contributed by atoms with Gasteiger partial charge in [-0.1, -0.05) is 13.8 Å². The Morgan fingerprint density at radius 2 is 1.16 bits per heavy atom. The second-order valence-corrected chi connectivity index (χ2v) is 11.2. The average Bonchev–Trinajstić information content (AvgIpc) is 2.30. The Balaban J connectivity index is 5.05. The van der Waals surface area contributed by atoms with Gasteiger partial charge in [0.2, 0.25) is 0 Å². The smallest absolute Gasteiger partial charge is 0.373 e. The summed E-state index contributed by atoms with van der Waals surface area (Å²) in [4.78, 5) is 0. The van der Waals surface area contributed by atoms with Crippen LogP contribution in [0.2, 0.25) is 0 Å². The van der Waals surface area contributed by atoms with E-state index in [1.807, 2.05) is 20.8 Å². The highest BCUT2D eigenvalue weighted by Gasteiger charge is 2.46. The predicted molar refractivity (Wildman–Crippen MR) is 83.4 cm³/mol. The molecule has 0 unspecified atom stereocenters. The summed E-state index contributed by atoms with van der Waals surface area (Å²) in [6, 6.07) is 0. The molecule has 0 aromatic heterocycles. The van der Waals surface area contributed by atoms with Crippen LogP contribution in [0.15, 0.2) is 0 Å². The van der Waals surface area contributed by atoms with Gasteiger partial charge in [-0.2, -0.15) is 0 Å². The van der Waals surface area contributed by atoms with Crippen molar-refractivity contribution in [1.29, 1.82) is 0 Å². The van der Waals surface area contributed by atoms with Crippen LogP contribution in [0.25, 0.3) is 0 Å². The third kappa shape index (κ3) is 7.05. The van der Waals surface area contributed by atoms with Crippen molar-refractivity contribution >= 4 is 15.9 Å². The average molecular weight is 310 g/mol. The Bertz CT molecular complexity index is 246. The highest BCUT2D eigenvalue weighted by atomic mass is 31.2. The standard InChI is InChI=1S/C13H31O4PSi/c1-6-11-18(14,12-7-2)13-19(15-8-3,16-9-4)17-10-5/h6-13H2,1-5H3. The van der Waals surface area contributed by atoms with E-state index in [1.165, 1.54) is 0 Å². The Morgan fingerprint density at radius 3 is 1.42 bits per heavy atom. The molecule has 116 valence electrons. The zero-order valence-corrected chi connectivity index (χ0v) is 15.1. The van der Waals surface area contributed by atoms with Crippen LogP contribution in [0.5, 0.6) is 0 Å². The fourth-order valence-electron chi connectivity index (χ4n) is 2.36. The van der Waals surface area contributed by atoms with Crippen molar-refractivity contribution in [1.82, 2.24) is 0 Å². The molecule has 0 amide bonds. The van der Waals surface area contributed by atoms with E-state index < -0.39 is 15.9 Å². The Kier molecular flexibility index (Phi) is 10.3. The first kappa shape index (κ1) is 19.3. The largest absolute Gasteiger partial charge is 0.508 e. The van der Waals surface area contributed by atoms with Gasteiger partial charge < -0.3 is 17.8 Å². The third-order valence-corrected chi connectivity index (χ3v) is 11.4. The number of hydrogen-bond acceptors (Lipinski definition) is 4. The lowest BCUT2D eigenvalue weighted by atomic mass is 10.6. The van der Waals surface area contributed by atoms with Crippen LogP contribution in [-0.2, 0) is 17.8 Å². The minimum absolute atomic E-state index is 0.497. The van der Waals surface area contributed by atoms with Crippen LogP contribution in [0.3, 0.4) is 0 Å².